The molecule has 2 N–H and O–H groups in total. The van der Waals surface area contributed by atoms with Crippen molar-refractivity contribution in [1.29, 1.82) is 0 Å². The number of hydrogen-bond acceptors (Lipinski definition) is 2. The summed E-state index contributed by atoms with van der Waals surface area (Å²) in [4.78, 5) is 0. The highest BCUT2D eigenvalue weighted by molar-refractivity contribution is 5.53. The molecule has 0 bridgehead atoms. The molecular weight excluding hydrogens is 258 g/mol. The second kappa shape index (κ2) is 6.31. The van der Waals surface area contributed by atoms with E-state index >= 15 is 0 Å². The monoisotopic (exact) mass is 281 g/mol. The normalized spacial score (nSPS) is 20.2. The van der Waals surface area contributed by atoms with Crippen LogP contribution in [0.2, 0.25) is 0 Å². The lowest BCUT2D eigenvalue weighted by atomic mass is 9.88. The van der Waals surface area contributed by atoms with Gasteiger partial charge in [0.25, 0.3) is 0 Å². The molecule has 0 aromatic heterocycles. The van der Waals surface area contributed by atoms with Gasteiger partial charge in [0, 0.05) is 5.69 Å². The molecule has 1 aliphatic heterocycles. The van der Waals surface area contributed by atoms with Crippen molar-refractivity contribution in [2.45, 2.75) is 44.2 Å². The fraction of sp³-hybridized carbons (Fsp3) is 0.368. The van der Waals surface area contributed by atoms with Crippen LogP contribution < -0.4 is 5.32 Å². The maximum atomic E-state index is 10.6. The Kier molecular flexibility index (Phi) is 4.26. The Hall–Kier alpha value is -1.80. The van der Waals surface area contributed by atoms with E-state index in [2.05, 4.69) is 54.7 Å². The third-order valence-corrected chi connectivity index (χ3v) is 4.51. The Labute approximate surface area is 126 Å². The highest BCUT2D eigenvalue weighted by Gasteiger charge is 2.25. The van der Waals surface area contributed by atoms with Crippen LogP contribution in [0.1, 0.15) is 36.8 Å². The molecule has 0 saturated carbocycles. The lowest BCUT2D eigenvalue weighted by molar-refractivity contribution is 0.130. The van der Waals surface area contributed by atoms with Crippen molar-refractivity contribution < 1.29 is 5.11 Å². The predicted octanol–water partition coefficient (Wildman–Crippen LogP) is 3.97. The third-order valence-electron chi connectivity index (χ3n) is 4.51. The zero-order valence-corrected chi connectivity index (χ0v) is 12.5. The molecule has 3 atom stereocenters. The lowest BCUT2D eigenvalue weighted by Gasteiger charge is -2.31. The second-order valence-electron chi connectivity index (χ2n) is 6.06. The number of anilines is 1. The molecular formula is C19H23NO. The van der Waals surface area contributed by atoms with E-state index in [1.54, 1.807) is 0 Å². The Morgan fingerprint density at radius 1 is 1.10 bits per heavy atom. The minimum absolute atomic E-state index is 0.158. The zero-order chi connectivity index (χ0) is 14.7. The van der Waals surface area contributed by atoms with Gasteiger partial charge >= 0.3 is 0 Å². The number of fused-ring (bicyclic) bond motifs is 1. The van der Waals surface area contributed by atoms with Crippen LogP contribution in [0.25, 0.3) is 0 Å². The number of para-hydroxylation sites is 1. The maximum absolute atomic E-state index is 10.6. The van der Waals surface area contributed by atoms with Crippen LogP contribution >= 0.6 is 0 Å². The van der Waals surface area contributed by atoms with E-state index < -0.39 is 0 Å². The molecule has 0 saturated heterocycles. The molecule has 0 amide bonds. The smallest absolute Gasteiger partial charge is 0.0747 e. The summed E-state index contributed by atoms with van der Waals surface area (Å²) in [6.45, 7) is 2.19. The molecule has 2 aromatic carbocycles. The van der Waals surface area contributed by atoms with Gasteiger partial charge in [0.15, 0.2) is 0 Å². The summed E-state index contributed by atoms with van der Waals surface area (Å²) in [5.41, 5.74) is 3.84. The van der Waals surface area contributed by atoms with Crippen LogP contribution in [0.4, 0.5) is 5.69 Å². The summed E-state index contributed by atoms with van der Waals surface area (Å²) in [7, 11) is 0. The summed E-state index contributed by atoms with van der Waals surface area (Å²) in [5.74, 6) is 0.375. The van der Waals surface area contributed by atoms with E-state index in [4.69, 9.17) is 0 Å². The van der Waals surface area contributed by atoms with Gasteiger partial charge in [-0.25, -0.2) is 0 Å². The van der Waals surface area contributed by atoms with Crippen molar-refractivity contribution in [2.75, 3.05) is 5.32 Å². The molecule has 0 radical (unpaired) electrons. The van der Waals surface area contributed by atoms with Crippen molar-refractivity contribution in [3.63, 3.8) is 0 Å². The van der Waals surface area contributed by atoms with Gasteiger partial charge in [-0.2, -0.15) is 0 Å². The fourth-order valence-electron chi connectivity index (χ4n) is 3.19. The number of aliphatic hydroxyl groups is 1. The molecule has 2 aromatic rings. The van der Waals surface area contributed by atoms with Crippen LogP contribution in [0.5, 0.6) is 0 Å². The second-order valence-corrected chi connectivity index (χ2v) is 6.06. The van der Waals surface area contributed by atoms with E-state index in [1.165, 1.54) is 16.8 Å². The van der Waals surface area contributed by atoms with Gasteiger partial charge < -0.3 is 10.4 Å². The number of rotatable bonds is 4. The average molecular weight is 281 g/mol. The molecule has 0 fully saturated rings. The fourth-order valence-corrected chi connectivity index (χ4v) is 3.19. The van der Waals surface area contributed by atoms with Gasteiger partial charge in [-0.15, -0.1) is 0 Å². The van der Waals surface area contributed by atoms with Gasteiger partial charge in [0.1, 0.15) is 0 Å². The van der Waals surface area contributed by atoms with Crippen molar-refractivity contribution in [3.05, 3.63) is 65.7 Å². The molecule has 110 valence electrons. The first-order chi connectivity index (χ1) is 10.2. The first-order valence-electron chi connectivity index (χ1n) is 7.81. The number of aliphatic hydroxyl groups excluding tert-OH is 1. The van der Waals surface area contributed by atoms with E-state index in [0.29, 0.717) is 5.92 Å². The van der Waals surface area contributed by atoms with Crippen LogP contribution in [0, 0.1) is 0 Å². The zero-order valence-electron chi connectivity index (χ0n) is 12.5. The van der Waals surface area contributed by atoms with Crippen molar-refractivity contribution in [1.82, 2.24) is 0 Å². The minimum atomic E-state index is -0.312. The summed E-state index contributed by atoms with van der Waals surface area (Å²) in [5, 5.41) is 14.1. The van der Waals surface area contributed by atoms with Gasteiger partial charge in [-0.1, -0.05) is 55.5 Å². The third kappa shape index (κ3) is 3.27. The Morgan fingerprint density at radius 2 is 1.81 bits per heavy atom. The van der Waals surface area contributed by atoms with Crippen molar-refractivity contribution >= 4 is 5.69 Å². The molecule has 1 aliphatic rings. The van der Waals surface area contributed by atoms with Crippen LogP contribution in [-0.2, 0) is 6.42 Å². The molecule has 0 spiro atoms. The van der Waals surface area contributed by atoms with Crippen molar-refractivity contribution in [3.8, 4) is 0 Å². The Morgan fingerprint density at radius 3 is 2.62 bits per heavy atom. The SMILES string of the molecule is CC(CC(O)C1CCc2ccccc2N1)c1ccccc1. The van der Waals surface area contributed by atoms with Gasteiger partial charge in [0.05, 0.1) is 12.1 Å². The van der Waals surface area contributed by atoms with Gasteiger partial charge in [-0.05, 0) is 42.4 Å². The molecule has 1 heterocycles. The highest BCUT2D eigenvalue weighted by atomic mass is 16.3. The summed E-state index contributed by atoms with van der Waals surface area (Å²) >= 11 is 0. The quantitative estimate of drug-likeness (QED) is 0.889. The van der Waals surface area contributed by atoms with Crippen LogP contribution in [0.3, 0.4) is 0 Å². The number of benzene rings is 2. The van der Waals surface area contributed by atoms with Crippen molar-refractivity contribution in [2.24, 2.45) is 0 Å². The average Bonchev–Trinajstić information content (AvgIpc) is 2.55. The Balaban J connectivity index is 1.63. The van der Waals surface area contributed by atoms with E-state index in [1.807, 2.05) is 12.1 Å². The van der Waals surface area contributed by atoms with Crippen LogP contribution in [-0.4, -0.2) is 17.3 Å². The molecule has 3 unspecified atom stereocenters. The van der Waals surface area contributed by atoms with Crippen LogP contribution in [0.15, 0.2) is 54.6 Å². The standard InChI is InChI=1S/C19H23NO/c1-14(15-7-3-2-4-8-15)13-19(21)18-12-11-16-9-5-6-10-17(16)20-18/h2-10,14,18-21H,11-13H2,1H3. The topological polar surface area (TPSA) is 32.3 Å². The lowest BCUT2D eigenvalue weighted by Crippen LogP contribution is -2.37. The summed E-state index contributed by atoms with van der Waals surface area (Å²) in [6, 6.07) is 19.0. The summed E-state index contributed by atoms with van der Waals surface area (Å²) in [6.07, 6.45) is 2.53. The van der Waals surface area contributed by atoms with E-state index in [0.717, 1.165) is 19.3 Å². The number of hydrogen-bond donors (Lipinski definition) is 2. The summed E-state index contributed by atoms with van der Waals surface area (Å²) < 4.78 is 0. The van der Waals surface area contributed by atoms with E-state index in [9.17, 15) is 5.11 Å². The Bertz CT molecular complexity index is 581. The molecule has 0 aliphatic carbocycles. The highest BCUT2D eigenvalue weighted by Crippen LogP contribution is 2.29. The number of aryl methyl sites for hydroxylation is 1. The largest absolute Gasteiger partial charge is 0.391 e. The van der Waals surface area contributed by atoms with E-state index in [-0.39, 0.29) is 12.1 Å². The molecule has 21 heavy (non-hydrogen) atoms. The first kappa shape index (κ1) is 14.2. The predicted molar refractivity (Wildman–Crippen MR) is 87.7 cm³/mol. The van der Waals surface area contributed by atoms with Gasteiger partial charge in [-0.3, -0.25) is 0 Å². The molecule has 2 heteroatoms. The molecule has 3 rings (SSSR count). The first-order valence-corrected chi connectivity index (χ1v) is 7.81. The minimum Gasteiger partial charge on any atom is -0.391 e. The maximum Gasteiger partial charge on any atom is 0.0747 e. The molecule has 2 nitrogen and oxygen atoms in total. The number of nitrogens with one attached hydrogen (secondary N) is 1. The van der Waals surface area contributed by atoms with Gasteiger partial charge in [0.2, 0.25) is 0 Å².